The Balaban J connectivity index is 1.37. The number of benzene rings is 1. The Hall–Kier alpha value is -2.93. The summed E-state index contributed by atoms with van der Waals surface area (Å²) < 4.78 is 6.09. The minimum atomic E-state index is -0.639. The van der Waals surface area contributed by atoms with Crippen molar-refractivity contribution in [1.82, 2.24) is 9.88 Å². The fourth-order valence-corrected chi connectivity index (χ4v) is 5.23. The van der Waals surface area contributed by atoms with E-state index in [0.29, 0.717) is 36.4 Å². The van der Waals surface area contributed by atoms with Crippen LogP contribution in [0.25, 0.3) is 0 Å². The minimum absolute atomic E-state index is 0.0352. The molecule has 3 N–H and O–H groups in total. The SMILES string of the molecule is C[C@@H]1CCC[C@H](C)N1CCCCCN1C(=O)C(Cc2cccc(C(=N)N)n2)Oc2ccccc21. The van der Waals surface area contributed by atoms with E-state index in [1.54, 1.807) is 6.07 Å². The van der Waals surface area contributed by atoms with Gasteiger partial charge in [-0.3, -0.25) is 15.1 Å². The number of piperidine rings is 1. The van der Waals surface area contributed by atoms with Crippen LogP contribution in [0.3, 0.4) is 0 Å². The van der Waals surface area contributed by atoms with E-state index in [2.05, 4.69) is 23.7 Å². The lowest BCUT2D eigenvalue weighted by Gasteiger charge is -2.39. The fraction of sp³-hybridized carbons (Fsp3) is 0.519. The molecule has 1 saturated heterocycles. The number of nitrogens with one attached hydrogen (secondary N) is 1. The van der Waals surface area contributed by atoms with Gasteiger partial charge in [0.2, 0.25) is 0 Å². The van der Waals surface area contributed by atoms with E-state index in [1.807, 2.05) is 41.3 Å². The van der Waals surface area contributed by atoms with Gasteiger partial charge in [0, 0.05) is 30.7 Å². The number of aromatic nitrogens is 1. The van der Waals surface area contributed by atoms with Crippen LogP contribution in [0, 0.1) is 5.41 Å². The summed E-state index contributed by atoms with van der Waals surface area (Å²) in [4.78, 5) is 22.4. The molecular weight excluding hydrogens is 426 g/mol. The number of rotatable bonds is 9. The Morgan fingerprint density at radius 3 is 2.56 bits per heavy atom. The number of anilines is 1. The molecule has 1 unspecified atom stereocenters. The van der Waals surface area contributed by atoms with Crippen molar-refractivity contribution in [3.05, 3.63) is 53.9 Å². The second kappa shape index (κ2) is 11.0. The maximum Gasteiger partial charge on any atom is 0.268 e. The van der Waals surface area contributed by atoms with Crippen LogP contribution in [-0.2, 0) is 11.2 Å². The van der Waals surface area contributed by atoms with E-state index in [1.165, 1.54) is 19.3 Å². The highest BCUT2D eigenvalue weighted by Gasteiger charge is 2.34. The van der Waals surface area contributed by atoms with Gasteiger partial charge in [-0.25, -0.2) is 4.98 Å². The molecular formula is C27H37N5O2. The van der Waals surface area contributed by atoms with Crippen molar-refractivity contribution in [3.63, 3.8) is 0 Å². The Kier molecular flexibility index (Phi) is 7.83. The molecule has 2 aliphatic heterocycles. The van der Waals surface area contributed by atoms with Gasteiger partial charge in [0.1, 0.15) is 17.3 Å². The summed E-state index contributed by atoms with van der Waals surface area (Å²) in [6, 6.07) is 14.4. The van der Waals surface area contributed by atoms with Gasteiger partial charge in [-0.15, -0.1) is 0 Å². The number of carbonyl (C=O) groups excluding carboxylic acids is 1. The number of para-hydroxylation sites is 2. The topological polar surface area (TPSA) is 95.5 Å². The number of nitrogens with two attached hydrogens (primary N) is 1. The van der Waals surface area contributed by atoms with Crippen LogP contribution in [-0.4, -0.2) is 52.9 Å². The number of amidine groups is 1. The molecule has 182 valence electrons. The number of fused-ring (bicyclic) bond motifs is 1. The highest BCUT2D eigenvalue weighted by atomic mass is 16.5. The number of unbranched alkanes of at least 4 members (excludes halogenated alkanes) is 2. The van der Waals surface area contributed by atoms with E-state index in [-0.39, 0.29) is 11.7 Å². The second-order valence-corrected chi connectivity index (χ2v) is 9.62. The third-order valence-corrected chi connectivity index (χ3v) is 7.12. The van der Waals surface area contributed by atoms with Gasteiger partial charge >= 0.3 is 0 Å². The smallest absolute Gasteiger partial charge is 0.268 e. The number of nitrogens with zero attached hydrogens (tertiary/aromatic N) is 3. The van der Waals surface area contributed by atoms with Crippen molar-refractivity contribution >= 4 is 17.4 Å². The first-order valence-corrected chi connectivity index (χ1v) is 12.6. The predicted octanol–water partition coefficient (Wildman–Crippen LogP) is 4.14. The molecule has 1 aromatic carbocycles. The van der Waals surface area contributed by atoms with Crippen molar-refractivity contribution in [2.24, 2.45) is 5.73 Å². The molecule has 7 nitrogen and oxygen atoms in total. The number of carbonyl (C=O) groups is 1. The molecule has 34 heavy (non-hydrogen) atoms. The zero-order valence-electron chi connectivity index (χ0n) is 20.4. The van der Waals surface area contributed by atoms with Crippen LogP contribution < -0.4 is 15.4 Å². The van der Waals surface area contributed by atoms with Gasteiger partial charge in [0.15, 0.2) is 6.10 Å². The van der Waals surface area contributed by atoms with E-state index in [4.69, 9.17) is 15.9 Å². The summed E-state index contributed by atoms with van der Waals surface area (Å²) in [6.07, 6.45) is 6.85. The molecule has 7 heteroatoms. The lowest BCUT2D eigenvalue weighted by atomic mass is 9.97. The van der Waals surface area contributed by atoms with E-state index < -0.39 is 6.10 Å². The maximum absolute atomic E-state index is 13.4. The van der Waals surface area contributed by atoms with E-state index in [0.717, 1.165) is 37.2 Å². The minimum Gasteiger partial charge on any atom is -0.478 e. The van der Waals surface area contributed by atoms with Gasteiger partial charge < -0.3 is 15.4 Å². The molecule has 0 radical (unpaired) electrons. The van der Waals surface area contributed by atoms with Crippen LogP contribution in [0.5, 0.6) is 5.75 Å². The van der Waals surface area contributed by atoms with Crippen LogP contribution in [0.4, 0.5) is 5.69 Å². The molecule has 4 rings (SSSR count). The highest BCUT2D eigenvalue weighted by molar-refractivity contribution is 6.00. The highest BCUT2D eigenvalue weighted by Crippen LogP contribution is 2.34. The zero-order chi connectivity index (χ0) is 24.1. The van der Waals surface area contributed by atoms with Crippen LogP contribution in [0.1, 0.15) is 63.8 Å². The zero-order valence-corrected chi connectivity index (χ0v) is 20.4. The number of nitrogen functional groups attached to an aromatic ring is 1. The van der Waals surface area contributed by atoms with Crippen LogP contribution in [0.2, 0.25) is 0 Å². The van der Waals surface area contributed by atoms with Crippen molar-refractivity contribution in [1.29, 1.82) is 5.41 Å². The lowest BCUT2D eigenvalue weighted by Crippen LogP contribution is -2.47. The van der Waals surface area contributed by atoms with Crippen LogP contribution >= 0.6 is 0 Å². The van der Waals surface area contributed by atoms with Gasteiger partial charge in [-0.05, 0) is 70.3 Å². The predicted molar refractivity (Wildman–Crippen MR) is 136 cm³/mol. The number of hydrogen-bond donors (Lipinski definition) is 2. The van der Waals surface area contributed by atoms with E-state index >= 15 is 0 Å². The van der Waals surface area contributed by atoms with Gasteiger partial charge in [-0.2, -0.15) is 0 Å². The van der Waals surface area contributed by atoms with Crippen LogP contribution in [0.15, 0.2) is 42.5 Å². The Labute approximate surface area is 202 Å². The first-order chi connectivity index (χ1) is 16.4. The third kappa shape index (κ3) is 5.58. The second-order valence-electron chi connectivity index (χ2n) is 9.62. The largest absolute Gasteiger partial charge is 0.478 e. The summed E-state index contributed by atoms with van der Waals surface area (Å²) >= 11 is 0. The van der Waals surface area contributed by atoms with E-state index in [9.17, 15) is 4.79 Å². The molecule has 1 fully saturated rings. The Morgan fingerprint density at radius 2 is 1.79 bits per heavy atom. The van der Waals surface area contributed by atoms with Crippen molar-refractivity contribution in [2.75, 3.05) is 18.0 Å². The lowest BCUT2D eigenvalue weighted by molar-refractivity contribution is -0.126. The van der Waals surface area contributed by atoms with Crippen molar-refractivity contribution in [3.8, 4) is 5.75 Å². The molecule has 1 aromatic heterocycles. The van der Waals surface area contributed by atoms with Gasteiger partial charge in [0.05, 0.1) is 5.69 Å². The average Bonchev–Trinajstić information content (AvgIpc) is 2.82. The molecule has 2 aromatic rings. The Morgan fingerprint density at radius 1 is 1.06 bits per heavy atom. The molecule has 0 saturated carbocycles. The maximum atomic E-state index is 13.4. The number of likely N-dealkylation sites (tertiary alicyclic amines) is 1. The summed E-state index contributed by atoms with van der Waals surface area (Å²) in [6.45, 7) is 6.51. The molecule has 3 atom stereocenters. The van der Waals surface area contributed by atoms with Crippen molar-refractivity contribution < 1.29 is 9.53 Å². The first-order valence-electron chi connectivity index (χ1n) is 12.6. The Bertz CT molecular complexity index is 1000. The molecule has 2 aliphatic rings. The quantitative estimate of drug-likeness (QED) is 0.331. The monoisotopic (exact) mass is 463 g/mol. The normalized spacial score (nSPS) is 22.8. The van der Waals surface area contributed by atoms with Crippen molar-refractivity contribution in [2.45, 2.75) is 77.0 Å². The average molecular weight is 464 g/mol. The number of ether oxygens (including phenoxy) is 1. The summed E-state index contributed by atoms with van der Waals surface area (Å²) in [5.41, 5.74) is 7.52. The fourth-order valence-electron chi connectivity index (χ4n) is 5.23. The molecule has 0 bridgehead atoms. The number of pyridine rings is 1. The number of amides is 1. The summed E-state index contributed by atoms with van der Waals surface area (Å²) in [7, 11) is 0. The standard InChI is InChI=1S/C27H37N5O2/c1-19-10-8-11-20(2)31(19)16-6-3-7-17-32-23-14-4-5-15-24(23)34-25(27(32)33)18-21-12-9-13-22(30-21)26(28)29/h4-5,9,12-15,19-20,25H,3,6-8,10-11,16-18H2,1-2H3,(H3,28,29)/t19-,20+,25?. The van der Waals surface area contributed by atoms with Gasteiger partial charge in [-0.1, -0.05) is 31.0 Å². The first kappa shape index (κ1) is 24.2. The molecule has 0 spiro atoms. The van der Waals surface area contributed by atoms with Gasteiger partial charge in [0.25, 0.3) is 5.91 Å². The molecule has 0 aliphatic carbocycles. The third-order valence-electron chi connectivity index (χ3n) is 7.12. The summed E-state index contributed by atoms with van der Waals surface area (Å²) in [5, 5.41) is 7.62. The molecule has 3 heterocycles. The molecule has 1 amide bonds. The number of hydrogen-bond acceptors (Lipinski definition) is 5. The summed E-state index contributed by atoms with van der Waals surface area (Å²) in [5.74, 6) is 0.607.